The summed E-state index contributed by atoms with van der Waals surface area (Å²) in [5, 5.41) is 0. The van der Waals surface area contributed by atoms with Gasteiger partial charge in [-0.25, -0.2) is 9.13 Å². The molecule has 0 radical (unpaired) electrons. The Labute approximate surface area is 128 Å². The summed E-state index contributed by atoms with van der Waals surface area (Å²) >= 11 is 3.44. The molecule has 0 saturated carbocycles. The van der Waals surface area contributed by atoms with Crippen LogP contribution in [0.4, 0.5) is 0 Å². The lowest BCUT2D eigenvalue weighted by Crippen LogP contribution is -3.00. The van der Waals surface area contributed by atoms with Crippen molar-refractivity contribution >= 4 is 15.9 Å². The van der Waals surface area contributed by atoms with Crippen molar-refractivity contribution in [3.05, 3.63) is 47.5 Å². The van der Waals surface area contributed by atoms with E-state index in [1.807, 2.05) is 0 Å². The molecule has 17 heavy (non-hydrogen) atoms. The summed E-state index contributed by atoms with van der Waals surface area (Å²) in [6.07, 6.45) is 8.82. The van der Waals surface area contributed by atoms with Crippen LogP contribution in [0.5, 0.6) is 0 Å². The minimum atomic E-state index is 0. The fraction of sp³-hybridized carbons (Fsp3) is 0.308. The van der Waals surface area contributed by atoms with Gasteiger partial charge >= 0.3 is 0 Å². The summed E-state index contributed by atoms with van der Waals surface area (Å²) in [4.78, 5) is 0. The van der Waals surface area contributed by atoms with E-state index < -0.39 is 0 Å². The Morgan fingerprint density at radius 2 is 1.94 bits per heavy atom. The van der Waals surface area contributed by atoms with Crippen molar-refractivity contribution in [2.75, 3.05) is 0 Å². The first kappa shape index (κ1) is 14.7. The molecule has 0 atom stereocenters. The van der Waals surface area contributed by atoms with Gasteiger partial charge < -0.3 is 24.0 Å². The average molecular weight is 407 g/mol. The second-order valence-corrected chi connectivity index (χ2v) is 4.80. The maximum absolute atomic E-state index is 3.44. The normalized spacial score (nSPS) is 10.0. The molecule has 1 heterocycles. The SMILES string of the molecule is CCCC[n+]1ccn(-c2ccc(Br)cc2)c1.[I-]. The number of benzene rings is 1. The standard InChI is InChI=1S/C13H16BrN2.HI/c1-2-3-8-15-9-10-16(11-15)13-6-4-12(14)5-7-13;/h4-7,9-11H,2-3,8H2,1H3;1H/q+1;/p-1. The number of aromatic nitrogens is 2. The second-order valence-electron chi connectivity index (χ2n) is 3.89. The average Bonchev–Trinajstić information content (AvgIpc) is 2.76. The monoisotopic (exact) mass is 406 g/mol. The number of aryl methyl sites for hydroxylation is 1. The number of rotatable bonds is 4. The van der Waals surface area contributed by atoms with Crippen molar-refractivity contribution in [1.82, 2.24) is 4.57 Å². The zero-order valence-electron chi connectivity index (χ0n) is 9.81. The van der Waals surface area contributed by atoms with Gasteiger partial charge in [0.1, 0.15) is 18.1 Å². The van der Waals surface area contributed by atoms with E-state index >= 15 is 0 Å². The highest BCUT2D eigenvalue weighted by Crippen LogP contribution is 2.13. The molecule has 4 heteroatoms. The lowest BCUT2D eigenvalue weighted by atomic mass is 10.3. The number of imidazole rings is 1. The largest absolute Gasteiger partial charge is 1.00 e. The third kappa shape index (κ3) is 4.10. The first-order valence-electron chi connectivity index (χ1n) is 5.62. The molecule has 0 fully saturated rings. The van der Waals surface area contributed by atoms with Gasteiger partial charge in [0.15, 0.2) is 0 Å². The molecule has 0 N–H and O–H groups in total. The van der Waals surface area contributed by atoms with Gasteiger partial charge in [-0.3, -0.25) is 0 Å². The van der Waals surface area contributed by atoms with Crippen LogP contribution in [-0.4, -0.2) is 4.57 Å². The highest BCUT2D eigenvalue weighted by Gasteiger charge is 2.05. The number of halogens is 2. The van der Waals surface area contributed by atoms with Crippen molar-refractivity contribution in [3.63, 3.8) is 0 Å². The van der Waals surface area contributed by atoms with Crippen LogP contribution < -0.4 is 28.5 Å². The van der Waals surface area contributed by atoms with E-state index in [2.05, 4.69) is 75.0 Å². The summed E-state index contributed by atoms with van der Waals surface area (Å²) in [6.45, 7) is 3.31. The number of hydrogen-bond acceptors (Lipinski definition) is 0. The van der Waals surface area contributed by atoms with Crippen LogP contribution in [0, 0.1) is 0 Å². The Balaban J connectivity index is 0.00000144. The number of unbranched alkanes of at least 4 members (excludes halogenated alkanes) is 1. The smallest absolute Gasteiger partial charge is 0.248 e. The van der Waals surface area contributed by atoms with E-state index in [0.29, 0.717) is 0 Å². The quantitative estimate of drug-likeness (QED) is 0.511. The van der Waals surface area contributed by atoms with Gasteiger partial charge in [0.25, 0.3) is 0 Å². The Morgan fingerprint density at radius 1 is 1.24 bits per heavy atom. The fourth-order valence-corrected chi connectivity index (χ4v) is 1.90. The first-order chi connectivity index (χ1) is 7.79. The lowest BCUT2D eigenvalue weighted by Gasteiger charge is -1.95. The molecule has 2 nitrogen and oxygen atoms in total. The third-order valence-electron chi connectivity index (χ3n) is 2.59. The molecular weight excluding hydrogens is 391 g/mol. The zero-order chi connectivity index (χ0) is 11.4. The van der Waals surface area contributed by atoms with Crippen LogP contribution in [0.1, 0.15) is 19.8 Å². The molecule has 1 aromatic heterocycles. The van der Waals surface area contributed by atoms with Crippen molar-refractivity contribution in [3.8, 4) is 5.69 Å². The molecule has 2 aromatic rings. The van der Waals surface area contributed by atoms with Crippen LogP contribution in [0.2, 0.25) is 0 Å². The highest BCUT2D eigenvalue weighted by molar-refractivity contribution is 9.10. The molecule has 0 aliphatic heterocycles. The molecule has 1 aromatic carbocycles. The van der Waals surface area contributed by atoms with E-state index in [-0.39, 0.29) is 24.0 Å². The Bertz CT molecular complexity index is 451. The van der Waals surface area contributed by atoms with Crippen LogP contribution in [0.3, 0.4) is 0 Å². The minimum Gasteiger partial charge on any atom is -1.00 e. The molecule has 0 saturated heterocycles. The van der Waals surface area contributed by atoms with Gasteiger partial charge in [-0.2, -0.15) is 0 Å². The molecule has 0 amide bonds. The third-order valence-corrected chi connectivity index (χ3v) is 3.11. The number of nitrogens with zero attached hydrogens (tertiary/aromatic N) is 2. The van der Waals surface area contributed by atoms with E-state index in [9.17, 15) is 0 Å². The predicted octanol–water partition coefficient (Wildman–Crippen LogP) is 0.331. The van der Waals surface area contributed by atoms with E-state index in [0.717, 1.165) is 11.0 Å². The van der Waals surface area contributed by atoms with Crippen LogP contribution >= 0.6 is 15.9 Å². The topological polar surface area (TPSA) is 8.81 Å². The van der Waals surface area contributed by atoms with Crippen molar-refractivity contribution in [1.29, 1.82) is 0 Å². The molecule has 0 unspecified atom stereocenters. The van der Waals surface area contributed by atoms with Gasteiger partial charge in [-0.15, -0.1) is 0 Å². The summed E-state index contributed by atoms with van der Waals surface area (Å²) in [6, 6.07) is 8.33. The Kier molecular flexibility index (Phi) is 6.19. The lowest BCUT2D eigenvalue weighted by molar-refractivity contribution is -0.696. The minimum absolute atomic E-state index is 0. The molecule has 0 bridgehead atoms. The van der Waals surface area contributed by atoms with E-state index in [4.69, 9.17) is 0 Å². The van der Waals surface area contributed by atoms with Crippen LogP contribution in [0.15, 0.2) is 47.5 Å². The highest BCUT2D eigenvalue weighted by atomic mass is 127. The van der Waals surface area contributed by atoms with Gasteiger partial charge in [0.05, 0.1) is 6.54 Å². The molecule has 0 aliphatic rings. The molecule has 0 aliphatic carbocycles. The summed E-state index contributed by atoms with van der Waals surface area (Å²) in [5.74, 6) is 0. The fourth-order valence-electron chi connectivity index (χ4n) is 1.63. The Hall–Kier alpha value is -0.360. The summed E-state index contributed by atoms with van der Waals surface area (Å²) < 4.78 is 5.48. The van der Waals surface area contributed by atoms with Gasteiger partial charge in [-0.05, 0) is 30.7 Å². The predicted molar refractivity (Wildman–Crippen MR) is 68.6 cm³/mol. The van der Waals surface area contributed by atoms with Crippen molar-refractivity contribution in [2.45, 2.75) is 26.3 Å². The van der Waals surface area contributed by atoms with Gasteiger partial charge in [-0.1, -0.05) is 29.3 Å². The number of hydrogen-bond donors (Lipinski definition) is 0. The zero-order valence-corrected chi connectivity index (χ0v) is 13.6. The molecule has 0 spiro atoms. The van der Waals surface area contributed by atoms with Gasteiger partial charge in [0, 0.05) is 4.47 Å². The Morgan fingerprint density at radius 3 is 2.59 bits per heavy atom. The molecular formula is C13H16BrIN2. The summed E-state index contributed by atoms with van der Waals surface area (Å²) in [7, 11) is 0. The van der Waals surface area contributed by atoms with Crippen LogP contribution in [-0.2, 0) is 6.54 Å². The van der Waals surface area contributed by atoms with E-state index in [1.54, 1.807) is 0 Å². The van der Waals surface area contributed by atoms with E-state index in [1.165, 1.54) is 18.5 Å². The maximum Gasteiger partial charge on any atom is 0.248 e. The van der Waals surface area contributed by atoms with Crippen LogP contribution in [0.25, 0.3) is 5.69 Å². The maximum atomic E-state index is 3.44. The molecule has 2 rings (SSSR count). The summed E-state index contributed by atoms with van der Waals surface area (Å²) in [5.41, 5.74) is 1.19. The second kappa shape index (κ2) is 7.16. The molecule has 92 valence electrons. The van der Waals surface area contributed by atoms with Gasteiger partial charge in [0.2, 0.25) is 6.33 Å². The van der Waals surface area contributed by atoms with Crippen molar-refractivity contribution < 1.29 is 28.5 Å². The first-order valence-corrected chi connectivity index (χ1v) is 6.42. The van der Waals surface area contributed by atoms with Crippen molar-refractivity contribution in [2.24, 2.45) is 0 Å².